The maximum absolute atomic E-state index is 6.22. The highest BCUT2D eigenvalue weighted by atomic mass is 35.5. The largest absolute Gasteiger partial charge is 0.324 e. The summed E-state index contributed by atoms with van der Waals surface area (Å²) in [6.07, 6.45) is 2.16. The topological polar surface area (TPSA) is 38.9 Å². The molecule has 0 spiro atoms. The minimum Gasteiger partial charge on any atom is -0.324 e. The van der Waals surface area contributed by atoms with E-state index in [2.05, 4.69) is 18.8 Å². The highest BCUT2D eigenvalue weighted by molar-refractivity contribution is 6.29. The van der Waals surface area contributed by atoms with Gasteiger partial charge in [-0.15, -0.1) is 0 Å². The second kappa shape index (κ2) is 2.94. The van der Waals surface area contributed by atoms with E-state index in [1.54, 1.807) is 6.07 Å². The Kier molecular flexibility index (Phi) is 2.09. The second-order valence-corrected chi connectivity index (χ2v) is 5.01. The molecule has 0 bridgehead atoms. The zero-order chi connectivity index (χ0) is 10.4. The monoisotopic (exact) mass is 210 g/mol. The number of rotatable bonds is 2. The van der Waals surface area contributed by atoms with E-state index in [9.17, 15) is 0 Å². The smallest absolute Gasteiger partial charge is 0.129 e. The van der Waals surface area contributed by atoms with Gasteiger partial charge in [-0.3, -0.25) is 0 Å². The molecule has 0 aromatic carbocycles. The molecule has 1 fully saturated rings. The first-order valence-corrected chi connectivity index (χ1v) is 5.25. The van der Waals surface area contributed by atoms with Crippen molar-refractivity contribution in [3.63, 3.8) is 0 Å². The number of pyridine rings is 1. The van der Waals surface area contributed by atoms with E-state index in [0.29, 0.717) is 5.15 Å². The summed E-state index contributed by atoms with van der Waals surface area (Å²) in [6.45, 7) is 4.28. The van der Waals surface area contributed by atoms with Crippen LogP contribution in [0.3, 0.4) is 0 Å². The third-order valence-electron chi connectivity index (χ3n) is 3.39. The Bertz CT molecular complexity index is 356. The lowest BCUT2D eigenvalue weighted by Gasteiger charge is -2.31. The van der Waals surface area contributed by atoms with Crippen LogP contribution in [0.15, 0.2) is 18.2 Å². The first-order chi connectivity index (χ1) is 6.46. The first kappa shape index (κ1) is 9.94. The molecule has 0 radical (unpaired) electrons. The number of nitrogens with zero attached hydrogens (tertiary/aromatic N) is 1. The summed E-state index contributed by atoms with van der Waals surface area (Å²) >= 11 is 5.87. The highest BCUT2D eigenvalue weighted by Crippen LogP contribution is 2.48. The lowest BCUT2D eigenvalue weighted by atomic mass is 9.79. The molecule has 14 heavy (non-hydrogen) atoms. The van der Waals surface area contributed by atoms with E-state index >= 15 is 0 Å². The summed E-state index contributed by atoms with van der Waals surface area (Å²) < 4.78 is 0. The SMILES string of the molecule is CC(C)(c1cccc(Cl)n1)C1(N)CC1. The summed E-state index contributed by atoms with van der Waals surface area (Å²) in [5, 5.41) is 0.542. The summed E-state index contributed by atoms with van der Waals surface area (Å²) in [7, 11) is 0. The maximum atomic E-state index is 6.22. The fourth-order valence-electron chi connectivity index (χ4n) is 1.77. The van der Waals surface area contributed by atoms with Gasteiger partial charge in [-0.1, -0.05) is 31.5 Å². The molecule has 76 valence electrons. The van der Waals surface area contributed by atoms with Crippen molar-refractivity contribution in [1.29, 1.82) is 0 Å². The molecule has 0 saturated heterocycles. The molecule has 1 aromatic rings. The van der Waals surface area contributed by atoms with E-state index in [0.717, 1.165) is 18.5 Å². The molecule has 0 unspecified atom stereocenters. The van der Waals surface area contributed by atoms with Crippen molar-refractivity contribution in [2.24, 2.45) is 5.73 Å². The van der Waals surface area contributed by atoms with Crippen LogP contribution in [-0.2, 0) is 5.41 Å². The summed E-state index contributed by atoms with van der Waals surface area (Å²) in [5.41, 5.74) is 7.05. The van der Waals surface area contributed by atoms with Crippen molar-refractivity contribution in [1.82, 2.24) is 4.98 Å². The van der Waals surface area contributed by atoms with Crippen LogP contribution < -0.4 is 5.73 Å². The Morgan fingerprint density at radius 2 is 2.07 bits per heavy atom. The molecule has 2 rings (SSSR count). The van der Waals surface area contributed by atoms with Gasteiger partial charge in [-0.25, -0.2) is 4.98 Å². The quantitative estimate of drug-likeness (QED) is 0.762. The Morgan fingerprint density at radius 1 is 1.43 bits per heavy atom. The van der Waals surface area contributed by atoms with E-state index < -0.39 is 0 Å². The van der Waals surface area contributed by atoms with Crippen molar-refractivity contribution < 1.29 is 0 Å². The summed E-state index contributed by atoms with van der Waals surface area (Å²) in [5.74, 6) is 0. The van der Waals surface area contributed by atoms with E-state index in [1.807, 2.05) is 12.1 Å². The number of aromatic nitrogens is 1. The molecular weight excluding hydrogens is 196 g/mol. The van der Waals surface area contributed by atoms with Crippen LogP contribution in [-0.4, -0.2) is 10.5 Å². The van der Waals surface area contributed by atoms with Crippen molar-refractivity contribution in [2.75, 3.05) is 0 Å². The van der Waals surface area contributed by atoms with Gasteiger partial charge >= 0.3 is 0 Å². The van der Waals surface area contributed by atoms with E-state index in [-0.39, 0.29) is 11.0 Å². The molecular formula is C11H15ClN2. The maximum Gasteiger partial charge on any atom is 0.129 e. The van der Waals surface area contributed by atoms with Gasteiger partial charge in [0.1, 0.15) is 5.15 Å². The van der Waals surface area contributed by atoms with Gasteiger partial charge in [0.2, 0.25) is 0 Å². The molecule has 0 aliphatic heterocycles. The number of nitrogens with two attached hydrogens (primary N) is 1. The van der Waals surface area contributed by atoms with Crippen LogP contribution in [0.4, 0.5) is 0 Å². The average molecular weight is 211 g/mol. The zero-order valence-electron chi connectivity index (χ0n) is 8.55. The van der Waals surface area contributed by atoms with Crippen molar-refractivity contribution in [3.05, 3.63) is 29.0 Å². The van der Waals surface area contributed by atoms with Crippen LogP contribution >= 0.6 is 11.6 Å². The van der Waals surface area contributed by atoms with Gasteiger partial charge in [0.15, 0.2) is 0 Å². The van der Waals surface area contributed by atoms with Crippen LogP contribution in [0.2, 0.25) is 5.15 Å². The molecule has 0 amide bonds. The molecule has 3 heteroatoms. The minimum absolute atomic E-state index is 0.0787. The van der Waals surface area contributed by atoms with Crippen LogP contribution in [0.1, 0.15) is 32.4 Å². The van der Waals surface area contributed by atoms with Gasteiger partial charge in [0, 0.05) is 16.6 Å². The van der Waals surface area contributed by atoms with Crippen molar-refractivity contribution in [3.8, 4) is 0 Å². The van der Waals surface area contributed by atoms with E-state index in [4.69, 9.17) is 17.3 Å². The van der Waals surface area contributed by atoms with Gasteiger partial charge < -0.3 is 5.73 Å². The average Bonchev–Trinajstić information content (AvgIpc) is 2.85. The third-order valence-corrected chi connectivity index (χ3v) is 3.60. The van der Waals surface area contributed by atoms with Gasteiger partial charge in [0.05, 0.1) is 0 Å². The number of halogens is 1. The normalized spacial score (nSPS) is 19.4. The standard InChI is InChI=1S/C11H15ClN2/c1-10(2,11(13)6-7-11)8-4-3-5-9(12)14-8/h3-5H,6-7,13H2,1-2H3. The van der Waals surface area contributed by atoms with Crippen LogP contribution in [0.25, 0.3) is 0 Å². The molecule has 0 atom stereocenters. The predicted molar refractivity (Wildman–Crippen MR) is 58.4 cm³/mol. The van der Waals surface area contributed by atoms with Gasteiger partial charge in [0.25, 0.3) is 0 Å². The number of hydrogen-bond acceptors (Lipinski definition) is 2. The fourth-order valence-corrected chi connectivity index (χ4v) is 1.93. The van der Waals surface area contributed by atoms with Crippen LogP contribution in [0.5, 0.6) is 0 Å². The van der Waals surface area contributed by atoms with Gasteiger partial charge in [-0.05, 0) is 25.0 Å². The lowest BCUT2D eigenvalue weighted by Crippen LogP contribution is -2.43. The molecule has 1 saturated carbocycles. The lowest BCUT2D eigenvalue weighted by molar-refractivity contribution is 0.381. The molecule has 2 N–H and O–H groups in total. The molecule has 1 heterocycles. The Morgan fingerprint density at radius 3 is 2.57 bits per heavy atom. The minimum atomic E-state index is -0.0854. The third kappa shape index (κ3) is 1.43. The molecule has 2 nitrogen and oxygen atoms in total. The molecule has 1 aromatic heterocycles. The Balaban J connectivity index is 2.38. The summed E-state index contributed by atoms with van der Waals surface area (Å²) in [4.78, 5) is 4.34. The van der Waals surface area contributed by atoms with Gasteiger partial charge in [-0.2, -0.15) is 0 Å². The van der Waals surface area contributed by atoms with Crippen molar-refractivity contribution >= 4 is 11.6 Å². The predicted octanol–water partition coefficient (Wildman–Crippen LogP) is 2.50. The fraction of sp³-hybridized carbons (Fsp3) is 0.545. The number of hydrogen-bond donors (Lipinski definition) is 1. The zero-order valence-corrected chi connectivity index (χ0v) is 9.30. The van der Waals surface area contributed by atoms with E-state index in [1.165, 1.54) is 0 Å². The Hall–Kier alpha value is -0.600. The Labute approximate surface area is 89.5 Å². The highest BCUT2D eigenvalue weighted by Gasteiger charge is 2.52. The summed E-state index contributed by atoms with van der Waals surface area (Å²) in [6, 6.07) is 5.72. The second-order valence-electron chi connectivity index (χ2n) is 4.63. The molecule has 1 aliphatic carbocycles. The molecule has 1 aliphatic rings. The van der Waals surface area contributed by atoms with Crippen LogP contribution in [0, 0.1) is 0 Å². The first-order valence-electron chi connectivity index (χ1n) is 4.88. The van der Waals surface area contributed by atoms with Crippen molar-refractivity contribution in [2.45, 2.75) is 37.6 Å².